The Balaban J connectivity index is 2.25. The Morgan fingerprint density at radius 1 is 1.40 bits per heavy atom. The minimum atomic E-state index is -0.996. The van der Waals surface area contributed by atoms with E-state index < -0.39 is 12.2 Å². The first-order valence-electron chi connectivity index (χ1n) is 4.52. The van der Waals surface area contributed by atoms with Gasteiger partial charge < -0.3 is 10.8 Å². The topological polar surface area (TPSA) is 81.8 Å². The maximum absolute atomic E-state index is 10.1. The van der Waals surface area contributed by atoms with Gasteiger partial charge in [0.25, 0.3) is 0 Å². The highest BCUT2D eigenvalue weighted by Gasteiger charge is 2.07. The van der Waals surface area contributed by atoms with Crippen molar-refractivity contribution in [2.45, 2.75) is 12.5 Å². The fraction of sp³-hybridized carbons (Fsp3) is 0.300. The summed E-state index contributed by atoms with van der Waals surface area (Å²) in [4.78, 5) is 18.6. The second kappa shape index (κ2) is 6.00. The molecule has 1 atom stereocenters. The van der Waals surface area contributed by atoms with Crippen molar-refractivity contribution in [2.24, 2.45) is 5.73 Å². The van der Waals surface area contributed by atoms with Crippen LogP contribution in [0.5, 0.6) is 0 Å². The van der Waals surface area contributed by atoms with Crippen LogP contribution in [0.25, 0.3) is 0 Å². The van der Waals surface area contributed by atoms with E-state index in [1.165, 1.54) is 0 Å². The summed E-state index contributed by atoms with van der Waals surface area (Å²) < 4.78 is 0. The van der Waals surface area contributed by atoms with Crippen molar-refractivity contribution in [3.05, 3.63) is 35.9 Å². The van der Waals surface area contributed by atoms with Crippen molar-refractivity contribution >= 4 is 6.09 Å². The zero-order valence-corrected chi connectivity index (χ0v) is 8.13. The molecule has 0 aliphatic heterocycles. The molecule has 5 nitrogen and oxygen atoms in total. The van der Waals surface area contributed by atoms with Crippen molar-refractivity contribution in [3.8, 4) is 0 Å². The molecule has 1 aromatic carbocycles. The predicted octanol–water partition coefficient (Wildman–Crippen LogP) is 1.14. The van der Waals surface area contributed by atoms with Gasteiger partial charge >= 0.3 is 6.09 Å². The van der Waals surface area contributed by atoms with Gasteiger partial charge in [-0.1, -0.05) is 30.3 Å². The van der Waals surface area contributed by atoms with E-state index in [4.69, 9.17) is 0 Å². The SMILES string of the molecule is NC(=O)OOCC[C@@H](O)c1ccccc1. The van der Waals surface area contributed by atoms with Crippen LogP contribution in [0.2, 0.25) is 0 Å². The van der Waals surface area contributed by atoms with Gasteiger partial charge in [-0.25, -0.2) is 4.79 Å². The zero-order chi connectivity index (χ0) is 11.1. The van der Waals surface area contributed by atoms with Gasteiger partial charge in [-0.3, -0.25) is 4.89 Å². The third-order valence-electron chi connectivity index (χ3n) is 1.80. The molecule has 0 saturated carbocycles. The molecule has 5 heteroatoms. The fourth-order valence-corrected chi connectivity index (χ4v) is 1.10. The van der Waals surface area contributed by atoms with Gasteiger partial charge in [0, 0.05) is 6.42 Å². The summed E-state index contributed by atoms with van der Waals surface area (Å²) in [6, 6.07) is 9.14. The summed E-state index contributed by atoms with van der Waals surface area (Å²) in [5, 5.41) is 9.63. The van der Waals surface area contributed by atoms with Crippen molar-refractivity contribution < 1.29 is 19.7 Å². The fourth-order valence-electron chi connectivity index (χ4n) is 1.10. The number of amides is 1. The van der Waals surface area contributed by atoms with Gasteiger partial charge in [0.2, 0.25) is 0 Å². The summed E-state index contributed by atoms with van der Waals surface area (Å²) in [5.74, 6) is 0. The molecule has 1 rings (SSSR count). The molecule has 1 aromatic rings. The average molecular weight is 211 g/mol. The molecule has 15 heavy (non-hydrogen) atoms. The van der Waals surface area contributed by atoms with Crippen LogP contribution < -0.4 is 5.73 Å². The van der Waals surface area contributed by atoms with Crippen molar-refractivity contribution in [1.82, 2.24) is 0 Å². The summed E-state index contributed by atoms with van der Waals surface area (Å²) in [6.45, 7) is 0.0962. The van der Waals surface area contributed by atoms with Gasteiger partial charge in [-0.2, -0.15) is 4.89 Å². The van der Waals surface area contributed by atoms with E-state index in [9.17, 15) is 9.90 Å². The molecular weight excluding hydrogens is 198 g/mol. The second-order valence-corrected chi connectivity index (χ2v) is 2.94. The van der Waals surface area contributed by atoms with E-state index in [1.807, 2.05) is 18.2 Å². The van der Waals surface area contributed by atoms with Crippen LogP contribution in [0.1, 0.15) is 18.1 Å². The van der Waals surface area contributed by atoms with Crippen LogP contribution in [0, 0.1) is 0 Å². The number of carbonyl (C=O) groups excluding carboxylic acids is 1. The molecule has 0 bridgehead atoms. The molecule has 1 amide bonds. The molecule has 0 radical (unpaired) electrons. The number of aliphatic hydroxyl groups is 1. The van der Waals surface area contributed by atoms with Crippen LogP contribution >= 0.6 is 0 Å². The summed E-state index contributed by atoms with van der Waals surface area (Å²) in [7, 11) is 0. The lowest BCUT2D eigenvalue weighted by molar-refractivity contribution is -0.239. The number of hydrogen-bond acceptors (Lipinski definition) is 4. The smallest absolute Gasteiger partial charge is 0.388 e. The largest absolute Gasteiger partial charge is 0.436 e. The number of hydrogen-bond donors (Lipinski definition) is 2. The number of primary amides is 1. The third-order valence-corrected chi connectivity index (χ3v) is 1.80. The Labute approximate surface area is 87.3 Å². The first-order chi connectivity index (χ1) is 7.20. The van der Waals surface area contributed by atoms with E-state index >= 15 is 0 Å². The van der Waals surface area contributed by atoms with Crippen molar-refractivity contribution in [1.29, 1.82) is 0 Å². The van der Waals surface area contributed by atoms with Crippen LogP contribution in [0.4, 0.5) is 4.79 Å². The average Bonchev–Trinajstić information content (AvgIpc) is 2.25. The standard InChI is InChI=1S/C10H13NO4/c11-10(13)15-14-7-6-9(12)8-4-2-1-3-5-8/h1-5,9,12H,6-7H2,(H2,11,13)/t9-/m1/s1. The lowest BCUT2D eigenvalue weighted by atomic mass is 10.1. The van der Waals surface area contributed by atoms with Gasteiger partial charge in [0.05, 0.1) is 12.7 Å². The summed E-state index contributed by atoms with van der Waals surface area (Å²) in [5.41, 5.74) is 5.46. The van der Waals surface area contributed by atoms with E-state index in [0.29, 0.717) is 6.42 Å². The molecule has 0 spiro atoms. The summed E-state index contributed by atoms with van der Waals surface area (Å²) in [6.07, 6.45) is -1.30. The highest BCUT2D eigenvalue weighted by Crippen LogP contribution is 2.15. The number of aliphatic hydroxyl groups excluding tert-OH is 1. The van der Waals surface area contributed by atoms with E-state index in [-0.39, 0.29) is 6.61 Å². The van der Waals surface area contributed by atoms with Crippen LogP contribution in [-0.2, 0) is 9.78 Å². The highest BCUT2D eigenvalue weighted by atomic mass is 17.2. The summed E-state index contributed by atoms with van der Waals surface area (Å²) >= 11 is 0. The van der Waals surface area contributed by atoms with E-state index in [1.54, 1.807) is 12.1 Å². The molecular formula is C10H13NO4. The molecule has 0 aliphatic carbocycles. The van der Waals surface area contributed by atoms with Crippen molar-refractivity contribution in [3.63, 3.8) is 0 Å². The maximum Gasteiger partial charge on any atom is 0.436 e. The molecule has 3 N–H and O–H groups in total. The van der Waals surface area contributed by atoms with E-state index in [2.05, 4.69) is 15.5 Å². The molecule has 0 aromatic heterocycles. The lowest BCUT2D eigenvalue weighted by Gasteiger charge is -2.09. The Kier molecular flexibility index (Phi) is 4.59. The third kappa shape index (κ3) is 4.44. The van der Waals surface area contributed by atoms with Gasteiger partial charge in [0.15, 0.2) is 0 Å². The lowest BCUT2D eigenvalue weighted by Crippen LogP contribution is -2.14. The predicted molar refractivity (Wildman–Crippen MR) is 52.6 cm³/mol. The quantitative estimate of drug-likeness (QED) is 0.434. The highest BCUT2D eigenvalue weighted by molar-refractivity contribution is 5.63. The molecule has 0 aliphatic rings. The van der Waals surface area contributed by atoms with Gasteiger partial charge in [-0.05, 0) is 5.56 Å². The Morgan fingerprint density at radius 2 is 2.07 bits per heavy atom. The first-order valence-corrected chi connectivity index (χ1v) is 4.52. The second-order valence-electron chi connectivity index (χ2n) is 2.94. The van der Waals surface area contributed by atoms with Gasteiger partial charge in [0.1, 0.15) is 0 Å². The molecule has 82 valence electrons. The van der Waals surface area contributed by atoms with Crippen molar-refractivity contribution in [2.75, 3.05) is 6.61 Å². The normalized spacial score (nSPS) is 12.1. The van der Waals surface area contributed by atoms with Gasteiger partial charge in [-0.15, -0.1) is 0 Å². The number of carbonyl (C=O) groups is 1. The first kappa shape index (κ1) is 11.5. The monoisotopic (exact) mass is 211 g/mol. The molecule has 0 saturated heterocycles. The maximum atomic E-state index is 10.1. The molecule has 0 heterocycles. The van der Waals surface area contributed by atoms with E-state index in [0.717, 1.165) is 5.56 Å². The number of nitrogens with two attached hydrogens (primary N) is 1. The zero-order valence-electron chi connectivity index (χ0n) is 8.13. The number of rotatable bonds is 5. The van der Waals surface area contributed by atoms with Crippen LogP contribution in [0.3, 0.4) is 0 Å². The Morgan fingerprint density at radius 3 is 2.67 bits per heavy atom. The minimum Gasteiger partial charge on any atom is -0.388 e. The van der Waals surface area contributed by atoms with Crippen LogP contribution in [-0.4, -0.2) is 17.8 Å². The molecule has 0 fully saturated rings. The van der Waals surface area contributed by atoms with Crippen LogP contribution in [0.15, 0.2) is 30.3 Å². The Bertz CT molecular complexity index is 302. The minimum absolute atomic E-state index is 0.0962. The molecule has 0 unspecified atom stereocenters. The Hall–Kier alpha value is -1.59. The number of benzene rings is 1.